The number of phenolic OH excluding ortho intramolecular Hbond substituents is 1. The lowest BCUT2D eigenvalue weighted by Gasteiger charge is -2.13. The van der Waals surface area contributed by atoms with Crippen LogP contribution in [0.2, 0.25) is 0 Å². The summed E-state index contributed by atoms with van der Waals surface area (Å²) < 4.78 is 4.79. The van der Waals surface area contributed by atoms with Crippen molar-refractivity contribution in [1.82, 2.24) is 0 Å². The Bertz CT molecular complexity index is 388. The van der Waals surface area contributed by atoms with Crippen molar-refractivity contribution in [2.75, 3.05) is 7.11 Å². The number of methoxy groups -OCH3 is 1. The molecule has 2 rings (SSSR count). The number of aromatic hydroxyl groups is 1. The van der Waals surface area contributed by atoms with Crippen LogP contribution in [0.3, 0.4) is 0 Å². The van der Waals surface area contributed by atoms with Crippen LogP contribution in [0.25, 0.3) is 0 Å². The van der Waals surface area contributed by atoms with Gasteiger partial charge in [-0.3, -0.25) is 4.79 Å². The fourth-order valence-corrected chi connectivity index (χ4v) is 2.85. The number of hydrogen-bond donors (Lipinski definition) is 1. The van der Waals surface area contributed by atoms with Crippen LogP contribution in [-0.4, -0.2) is 23.4 Å². The minimum Gasteiger partial charge on any atom is -0.508 e. The number of hydrogen-bond acceptors (Lipinski definition) is 4. The van der Waals surface area contributed by atoms with Crippen molar-refractivity contribution >= 4 is 17.7 Å². The SMILES string of the molecule is COC(=O)C(Sc1cccc(O)c1)C1CC1. The predicted octanol–water partition coefficient (Wildman–Crippen LogP) is 2.44. The molecule has 1 aliphatic carbocycles. The highest BCUT2D eigenvalue weighted by molar-refractivity contribution is 8.00. The summed E-state index contributed by atoms with van der Waals surface area (Å²) in [4.78, 5) is 12.5. The molecule has 1 aliphatic rings. The highest BCUT2D eigenvalue weighted by Gasteiger charge is 2.37. The van der Waals surface area contributed by atoms with Crippen molar-refractivity contribution in [2.24, 2.45) is 5.92 Å². The Balaban J connectivity index is 2.08. The van der Waals surface area contributed by atoms with E-state index in [1.54, 1.807) is 18.2 Å². The monoisotopic (exact) mass is 238 g/mol. The summed E-state index contributed by atoms with van der Waals surface area (Å²) in [6.07, 6.45) is 2.18. The van der Waals surface area contributed by atoms with E-state index in [1.165, 1.54) is 18.9 Å². The molecule has 1 atom stereocenters. The van der Waals surface area contributed by atoms with Gasteiger partial charge in [-0.2, -0.15) is 0 Å². The fraction of sp³-hybridized carbons (Fsp3) is 0.417. The topological polar surface area (TPSA) is 46.5 Å². The molecule has 0 radical (unpaired) electrons. The van der Waals surface area contributed by atoms with Gasteiger partial charge >= 0.3 is 5.97 Å². The number of carbonyl (C=O) groups excluding carboxylic acids is 1. The standard InChI is InChI=1S/C12H14O3S/c1-15-12(14)11(8-5-6-8)16-10-4-2-3-9(13)7-10/h2-4,7-8,11,13H,5-6H2,1H3. The third-order valence-electron chi connectivity index (χ3n) is 2.56. The Hall–Kier alpha value is -1.16. The maximum Gasteiger partial charge on any atom is 0.319 e. The quantitative estimate of drug-likeness (QED) is 0.646. The maximum atomic E-state index is 11.6. The molecular formula is C12H14O3S. The van der Waals surface area contributed by atoms with E-state index in [0.29, 0.717) is 5.92 Å². The third kappa shape index (κ3) is 2.70. The van der Waals surface area contributed by atoms with Crippen LogP contribution in [0.1, 0.15) is 12.8 Å². The van der Waals surface area contributed by atoms with E-state index < -0.39 is 0 Å². The van der Waals surface area contributed by atoms with Crippen LogP contribution in [0.4, 0.5) is 0 Å². The average molecular weight is 238 g/mol. The summed E-state index contributed by atoms with van der Waals surface area (Å²) in [5.41, 5.74) is 0. The molecule has 0 amide bonds. The Labute approximate surface area is 98.8 Å². The van der Waals surface area contributed by atoms with Crippen molar-refractivity contribution in [1.29, 1.82) is 0 Å². The lowest BCUT2D eigenvalue weighted by atomic mass is 10.3. The molecule has 16 heavy (non-hydrogen) atoms. The second-order valence-electron chi connectivity index (χ2n) is 3.90. The van der Waals surface area contributed by atoms with Crippen LogP contribution in [0.5, 0.6) is 5.75 Å². The van der Waals surface area contributed by atoms with E-state index in [4.69, 9.17) is 4.74 Å². The fourth-order valence-electron chi connectivity index (χ4n) is 1.56. The minimum absolute atomic E-state index is 0.133. The van der Waals surface area contributed by atoms with E-state index in [0.717, 1.165) is 17.7 Å². The summed E-state index contributed by atoms with van der Waals surface area (Å²) in [7, 11) is 1.42. The number of phenols is 1. The van der Waals surface area contributed by atoms with Gasteiger partial charge in [-0.15, -0.1) is 11.8 Å². The second kappa shape index (κ2) is 4.78. The summed E-state index contributed by atoms with van der Waals surface area (Å²) >= 11 is 1.47. The van der Waals surface area contributed by atoms with E-state index in [9.17, 15) is 9.90 Å². The first kappa shape index (κ1) is 11.3. The summed E-state index contributed by atoms with van der Waals surface area (Å²) in [5.74, 6) is 0.486. The Morgan fingerprint density at radius 2 is 2.31 bits per heavy atom. The highest BCUT2D eigenvalue weighted by Crippen LogP contribution is 2.42. The van der Waals surface area contributed by atoms with Gasteiger partial charge in [-0.25, -0.2) is 0 Å². The Morgan fingerprint density at radius 1 is 1.56 bits per heavy atom. The maximum absolute atomic E-state index is 11.6. The van der Waals surface area contributed by atoms with Gasteiger partial charge in [0.15, 0.2) is 0 Å². The molecule has 0 saturated heterocycles. The van der Waals surface area contributed by atoms with E-state index in [1.807, 2.05) is 6.07 Å². The molecule has 1 aromatic rings. The number of thioether (sulfide) groups is 1. The van der Waals surface area contributed by atoms with Crippen molar-refractivity contribution in [3.05, 3.63) is 24.3 Å². The molecule has 86 valence electrons. The molecule has 0 heterocycles. The van der Waals surface area contributed by atoms with Gasteiger partial charge in [0.1, 0.15) is 11.0 Å². The molecule has 1 fully saturated rings. The molecule has 1 unspecified atom stereocenters. The highest BCUT2D eigenvalue weighted by atomic mass is 32.2. The lowest BCUT2D eigenvalue weighted by Crippen LogP contribution is -2.20. The van der Waals surface area contributed by atoms with Crippen LogP contribution in [0.15, 0.2) is 29.2 Å². The summed E-state index contributed by atoms with van der Waals surface area (Å²) in [6, 6.07) is 6.96. The van der Waals surface area contributed by atoms with Gasteiger partial charge in [0, 0.05) is 4.90 Å². The van der Waals surface area contributed by atoms with E-state index in [-0.39, 0.29) is 17.0 Å². The molecule has 3 nitrogen and oxygen atoms in total. The van der Waals surface area contributed by atoms with Crippen molar-refractivity contribution in [3.63, 3.8) is 0 Å². The second-order valence-corrected chi connectivity index (χ2v) is 5.11. The van der Waals surface area contributed by atoms with Crippen LogP contribution in [-0.2, 0) is 9.53 Å². The first-order chi connectivity index (χ1) is 7.70. The largest absolute Gasteiger partial charge is 0.508 e. The van der Waals surface area contributed by atoms with Crippen LogP contribution >= 0.6 is 11.8 Å². The predicted molar refractivity (Wildman–Crippen MR) is 62.5 cm³/mol. The summed E-state index contributed by atoms with van der Waals surface area (Å²) in [5, 5.41) is 9.21. The zero-order chi connectivity index (χ0) is 11.5. The third-order valence-corrected chi connectivity index (χ3v) is 3.92. The molecule has 0 aromatic heterocycles. The average Bonchev–Trinajstić information content (AvgIpc) is 3.09. The normalized spacial score (nSPS) is 16.8. The number of carbonyl (C=O) groups is 1. The van der Waals surface area contributed by atoms with Crippen molar-refractivity contribution < 1.29 is 14.6 Å². The van der Waals surface area contributed by atoms with E-state index >= 15 is 0 Å². The molecular weight excluding hydrogens is 224 g/mol. The molecule has 0 bridgehead atoms. The lowest BCUT2D eigenvalue weighted by molar-refractivity contribution is -0.140. The molecule has 0 spiro atoms. The molecule has 1 N–H and O–H groups in total. The molecule has 0 aliphatic heterocycles. The Kier molecular flexibility index (Phi) is 3.39. The number of rotatable bonds is 4. The van der Waals surface area contributed by atoms with Crippen LogP contribution < -0.4 is 0 Å². The zero-order valence-corrected chi connectivity index (χ0v) is 9.87. The van der Waals surface area contributed by atoms with Gasteiger partial charge < -0.3 is 9.84 Å². The minimum atomic E-state index is -0.171. The zero-order valence-electron chi connectivity index (χ0n) is 9.05. The molecule has 1 aromatic carbocycles. The smallest absolute Gasteiger partial charge is 0.319 e. The van der Waals surface area contributed by atoms with Gasteiger partial charge in [-0.1, -0.05) is 6.07 Å². The van der Waals surface area contributed by atoms with Gasteiger partial charge in [0.2, 0.25) is 0 Å². The van der Waals surface area contributed by atoms with Crippen molar-refractivity contribution in [2.45, 2.75) is 23.0 Å². The molecule has 4 heteroatoms. The van der Waals surface area contributed by atoms with Crippen LogP contribution in [0, 0.1) is 5.92 Å². The first-order valence-electron chi connectivity index (χ1n) is 5.24. The summed E-state index contributed by atoms with van der Waals surface area (Å²) in [6.45, 7) is 0. The number of esters is 1. The van der Waals surface area contributed by atoms with Gasteiger partial charge in [-0.05, 0) is 37.0 Å². The van der Waals surface area contributed by atoms with Gasteiger partial charge in [0.05, 0.1) is 7.11 Å². The first-order valence-corrected chi connectivity index (χ1v) is 6.12. The van der Waals surface area contributed by atoms with E-state index in [2.05, 4.69) is 0 Å². The number of benzene rings is 1. The Morgan fingerprint density at radius 3 is 2.88 bits per heavy atom. The molecule has 1 saturated carbocycles. The van der Waals surface area contributed by atoms with Crippen molar-refractivity contribution in [3.8, 4) is 5.75 Å². The van der Waals surface area contributed by atoms with Gasteiger partial charge in [0.25, 0.3) is 0 Å². The number of ether oxygens (including phenoxy) is 1.